The van der Waals surface area contributed by atoms with Gasteiger partial charge in [0.05, 0.1) is 5.69 Å². The summed E-state index contributed by atoms with van der Waals surface area (Å²) in [5, 5.41) is 10.5. The fourth-order valence-electron chi connectivity index (χ4n) is 4.30. The van der Waals surface area contributed by atoms with E-state index in [1.165, 1.54) is 5.56 Å². The minimum atomic E-state index is 0. The summed E-state index contributed by atoms with van der Waals surface area (Å²) in [5.74, 6) is 2.26. The average Bonchev–Trinajstić information content (AvgIpc) is 3.10. The highest BCUT2D eigenvalue weighted by molar-refractivity contribution is 14.0. The molecule has 26 heavy (non-hydrogen) atoms. The van der Waals surface area contributed by atoms with Crippen molar-refractivity contribution in [1.29, 1.82) is 0 Å². The topological polar surface area (TPSA) is 82.8 Å². The highest BCUT2D eigenvalue weighted by Gasteiger charge is 2.42. The molecule has 0 aliphatic carbocycles. The second kappa shape index (κ2) is 8.58. The van der Waals surface area contributed by atoms with E-state index in [0.717, 1.165) is 56.4 Å². The van der Waals surface area contributed by atoms with Crippen LogP contribution in [0.15, 0.2) is 9.52 Å². The Kier molecular flexibility index (Phi) is 6.92. The van der Waals surface area contributed by atoms with Gasteiger partial charge in [-0.15, -0.1) is 24.0 Å². The van der Waals surface area contributed by atoms with E-state index in [2.05, 4.69) is 32.6 Å². The molecule has 1 amide bonds. The third-order valence-corrected chi connectivity index (χ3v) is 5.52. The molecule has 7 nitrogen and oxygen atoms in total. The Morgan fingerprint density at radius 3 is 2.85 bits per heavy atom. The van der Waals surface area contributed by atoms with E-state index in [9.17, 15) is 4.79 Å². The Balaban J connectivity index is 0.00000243. The summed E-state index contributed by atoms with van der Waals surface area (Å²) < 4.78 is 5.28. The highest BCUT2D eigenvalue weighted by Crippen LogP contribution is 2.36. The first-order chi connectivity index (χ1) is 11.9. The van der Waals surface area contributed by atoms with Crippen LogP contribution in [-0.4, -0.2) is 55.2 Å². The van der Waals surface area contributed by atoms with E-state index in [4.69, 9.17) is 4.52 Å². The van der Waals surface area contributed by atoms with Gasteiger partial charge in [-0.3, -0.25) is 9.79 Å². The molecule has 8 heteroatoms. The standard InChI is InChI=1S/C18H29N5O2.HI/c1-12(16-13(2)22-25-14(16)3)9-20-17(19-4)23-7-5-6-18(11-23)8-15(24)21-10-18;/h12H,5-11H2,1-4H3,(H,19,20)(H,21,24);1H. The number of nitrogens with one attached hydrogen (secondary N) is 2. The van der Waals surface area contributed by atoms with Gasteiger partial charge in [0.2, 0.25) is 5.91 Å². The van der Waals surface area contributed by atoms with Gasteiger partial charge in [-0.05, 0) is 26.7 Å². The molecule has 0 radical (unpaired) electrons. The lowest BCUT2D eigenvalue weighted by molar-refractivity contribution is -0.119. The van der Waals surface area contributed by atoms with Crippen molar-refractivity contribution in [2.24, 2.45) is 10.4 Å². The molecular weight excluding hydrogens is 445 g/mol. The summed E-state index contributed by atoms with van der Waals surface area (Å²) in [4.78, 5) is 18.4. The van der Waals surface area contributed by atoms with Gasteiger partial charge in [-0.2, -0.15) is 0 Å². The summed E-state index contributed by atoms with van der Waals surface area (Å²) >= 11 is 0. The quantitative estimate of drug-likeness (QED) is 0.398. The number of carbonyl (C=O) groups is 1. The lowest BCUT2D eigenvalue weighted by Gasteiger charge is -2.41. The second-order valence-electron chi connectivity index (χ2n) is 7.55. The van der Waals surface area contributed by atoms with Crippen molar-refractivity contribution in [3.63, 3.8) is 0 Å². The first-order valence-electron chi connectivity index (χ1n) is 9.09. The fraction of sp³-hybridized carbons (Fsp3) is 0.722. The van der Waals surface area contributed by atoms with Crippen molar-refractivity contribution in [3.05, 3.63) is 17.0 Å². The van der Waals surface area contributed by atoms with Gasteiger partial charge in [0.25, 0.3) is 0 Å². The van der Waals surface area contributed by atoms with E-state index >= 15 is 0 Å². The van der Waals surface area contributed by atoms with Gasteiger partial charge in [-0.1, -0.05) is 12.1 Å². The largest absolute Gasteiger partial charge is 0.361 e. The van der Waals surface area contributed by atoms with E-state index < -0.39 is 0 Å². The molecule has 2 N–H and O–H groups in total. The molecular formula is C18H30IN5O2. The zero-order valence-corrected chi connectivity index (χ0v) is 18.4. The minimum Gasteiger partial charge on any atom is -0.361 e. The fourth-order valence-corrected chi connectivity index (χ4v) is 4.30. The first-order valence-corrected chi connectivity index (χ1v) is 9.09. The molecule has 2 unspecified atom stereocenters. The molecule has 1 aromatic rings. The molecule has 2 aliphatic heterocycles. The van der Waals surface area contributed by atoms with Crippen molar-refractivity contribution in [2.75, 3.05) is 33.2 Å². The van der Waals surface area contributed by atoms with Crippen LogP contribution in [0.25, 0.3) is 0 Å². The lowest BCUT2D eigenvalue weighted by Crippen LogP contribution is -2.51. The summed E-state index contributed by atoms with van der Waals surface area (Å²) in [6.07, 6.45) is 2.83. The van der Waals surface area contributed by atoms with Crippen LogP contribution in [0.4, 0.5) is 0 Å². The van der Waals surface area contributed by atoms with Crippen molar-refractivity contribution < 1.29 is 9.32 Å². The number of aliphatic imine (C=N–C) groups is 1. The number of guanidine groups is 1. The van der Waals surface area contributed by atoms with Crippen molar-refractivity contribution in [1.82, 2.24) is 20.7 Å². The molecule has 1 spiro atoms. The Morgan fingerprint density at radius 1 is 1.50 bits per heavy atom. The maximum Gasteiger partial charge on any atom is 0.220 e. The maximum absolute atomic E-state index is 11.7. The minimum absolute atomic E-state index is 0. The first kappa shape index (κ1) is 21.0. The molecule has 3 heterocycles. The normalized spacial score (nSPS) is 24.4. The van der Waals surface area contributed by atoms with Crippen LogP contribution in [0.5, 0.6) is 0 Å². The van der Waals surface area contributed by atoms with Crippen LogP contribution in [-0.2, 0) is 4.79 Å². The Labute approximate surface area is 172 Å². The van der Waals surface area contributed by atoms with Gasteiger partial charge >= 0.3 is 0 Å². The number of halogens is 1. The van der Waals surface area contributed by atoms with Gasteiger partial charge < -0.3 is 20.1 Å². The van der Waals surface area contributed by atoms with Gasteiger partial charge in [-0.25, -0.2) is 0 Å². The second-order valence-corrected chi connectivity index (χ2v) is 7.55. The predicted octanol–water partition coefficient (Wildman–Crippen LogP) is 2.19. The van der Waals surface area contributed by atoms with E-state index in [1.54, 1.807) is 0 Å². The van der Waals surface area contributed by atoms with Crippen LogP contribution >= 0.6 is 24.0 Å². The van der Waals surface area contributed by atoms with Crippen LogP contribution in [0.2, 0.25) is 0 Å². The molecule has 0 aromatic carbocycles. The molecule has 146 valence electrons. The number of rotatable bonds is 3. The molecule has 2 aliphatic rings. The van der Waals surface area contributed by atoms with Crippen molar-refractivity contribution in [2.45, 2.75) is 46.0 Å². The van der Waals surface area contributed by atoms with E-state index in [-0.39, 0.29) is 41.2 Å². The number of piperidine rings is 1. The van der Waals surface area contributed by atoms with E-state index in [0.29, 0.717) is 6.42 Å². The van der Waals surface area contributed by atoms with Gasteiger partial charge in [0.15, 0.2) is 5.96 Å². The number of amides is 1. The van der Waals surface area contributed by atoms with Crippen molar-refractivity contribution in [3.8, 4) is 0 Å². The Bertz CT molecular complexity index is 655. The molecule has 2 saturated heterocycles. The van der Waals surface area contributed by atoms with E-state index in [1.807, 2.05) is 20.9 Å². The third kappa shape index (κ3) is 4.32. The monoisotopic (exact) mass is 475 g/mol. The summed E-state index contributed by atoms with van der Waals surface area (Å²) in [7, 11) is 1.82. The average molecular weight is 475 g/mol. The number of carbonyl (C=O) groups excluding carboxylic acids is 1. The zero-order chi connectivity index (χ0) is 18.0. The summed E-state index contributed by atoms with van der Waals surface area (Å²) in [6.45, 7) is 9.53. The van der Waals surface area contributed by atoms with Crippen molar-refractivity contribution >= 4 is 35.8 Å². The Hall–Kier alpha value is -1.32. The number of likely N-dealkylation sites (tertiary alicyclic amines) is 1. The highest BCUT2D eigenvalue weighted by atomic mass is 127. The SMILES string of the molecule is CN=C(NCC(C)c1c(C)noc1C)N1CCCC2(CNC(=O)C2)C1.I. The smallest absolute Gasteiger partial charge is 0.220 e. The maximum atomic E-state index is 11.7. The number of hydrogen-bond acceptors (Lipinski definition) is 4. The van der Waals surface area contributed by atoms with Crippen LogP contribution in [0, 0.1) is 19.3 Å². The molecule has 2 atom stereocenters. The molecule has 0 bridgehead atoms. The third-order valence-electron chi connectivity index (χ3n) is 5.52. The number of aryl methyl sites for hydroxylation is 2. The van der Waals surface area contributed by atoms with Gasteiger partial charge in [0, 0.05) is 56.5 Å². The molecule has 1 aromatic heterocycles. The molecule has 2 fully saturated rings. The zero-order valence-electron chi connectivity index (χ0n) is 16.1. The van der Waals surface area contributed by atoms with Gasteiger partial charge in [0.1, 0.15) is 5.76 Å². The molecule has 3 rings (SSSR count). The van der Waals surface area contributed by atoms with Crippen LogP contribution < -0.4 is 10.6 Å². The number of nitrogens with zero attached hydrogens (tertiary/aromatic N) is 3. The van der Waals surface area contributed by atoms with Crippen LogP contribution in [0.3, 0.4) is 0 Å². The summed E-state index contributed by atoms with van der Waals surface area (Å²) in [5.41, 5.74) is 2.19. The lowest BCUT2D eigenvalue weighted by atomic mass is 9.79. The van der Waals surface area contributed by atoms with Crippen LogP contribution in [0.1, 0.15) is 49.1 Å². The number of aromatic nitrogens is 1. The predicted molar refractivity (Wildman–Crippen MR) is 112 cm³/mol. The molecule has 0 saturated carbocycles. The number of hydrogen-bond donors (Lipinski definition) is 2. The summed E-state index contributed by atoms with van der Waals surface area (Å²) in [6, 6.07) is 0. The Morgan fingerprint density at radius 2 is 2.27 bits per heavy atom.